The number of anilines is 3. The number of alkyl halides is 3. The van der Waals surface area contributed by atoms with E-state index in [2.05, 4.69) is 34.1 Å². The normalized spacial score (nSPS) is 11.2. The van der Waals surface area contributed by atoms with Gasteiger partial charge in [-0.15, -0.1) is 0 Å². The molecule has 0 aliphatic rings. The zero-order chi connectivity index (χ0) is 17.2. The number of hydrogen-bond acceptors (Lipinski definition) is 3. The van der Waals surface area contributed by atoms with E-state index in [0.717, 1.165) is 10.4 Å². The smallest absolute Gasteiger partial charge is 0.399 e. The Hall–Kier alpha value is -1.87. The lowest BCUT2D eigenvalue weighted by molar-refractivity contribution is -0.138. The van der Waals surface area contributed by atoms with E-state index >= 15 is 0 Å². The lowest BCUT2D eigenvalue weighted by atomic mass is 10.2. The van der Waals surface area contributed by atoms with Gasteiger partial charge in [-0.3, -0.25) is 0 Å². The number of amides is 2. The molecule has 0 unspecified atom stereocenters. The van der Waals surface area contributed by atoms with E-state index in [1.165, 1.54) is 12.1 Å². The first-order valence-electron chi connectivity index (χ1n) is 6.21. The molecule has 0 aliphatic carbocycles. The van der Waals surface area contributed by atoms with Crippen molar-refractivity contribution in [2.45, 2.75) is 6.18 Å². The number of rotatable bonds is 2. The van der Waals surface area contributed by atoms with Crippen molar-refractivity contribution in [3.8, 4) is 0 Å². The first-order chi connectivity index (χ1) is 10.7. The molecule has 0 bridgehead atoms. The Bertz CT molecular complexity index is 722. The molecule has 2 aromatic carbocycles. The summed E-state index contributed by atoms with van der Waals surface area (Å²) in [5.41, 5.74) is 5.60. The van der Waals surface area contributed by atoms with Crippen molar-refractivity contribution in [1.29, 1.82) is 0 Å². The van der Waals surface area contributed by atoms with E-state index in [9.17, 15) is 18.0 Å². The van der Waals surface area contributed by atoms with Crippen LogP contribution in [0.5, 0.6) is 0 Å². The third-order valence-electron chi connectivity index (χ3n) is 2.85. The summed E-state index contributed by atoms with van der Waals surface area (Å²) >= 11 is 6.87. The van der Waals surface area contributed by atoms with Gasteiger partial charge in [0.05, 0.1) is 11.3 Å². The van der Waals surface area contributed by atoms with Gasteiger partial charge in [0.15, 0.2) is 0 Å². The molecule has 0 aliphatic heterocycles. The molecular weight excluding hydrogens is 395 g/mol. The molecule has 3 N–H and O–H groups in total. The minimum absolute atomic E-state index is 0.0000185. The van der Waals surface area contributed by atoms with Crippen LogP contribution >= 0.6 is 28.7 Å². The molecular formula is C14H11BrF3N3OS. The van der Waals surface area contributed by atoms with E-state index in [-0.39, 0.29) is 10.2 Å². The fourth-order valence-corrected chi connectivity index (χ4v) is 2.38. The van der Waals surface area contributed by atoms with Crippen LogP contribution in [0.2, 0.25) is 0 Å². The van der Waals surface area contributed by atoms with Crippen molar-refractivity contribution in [3.63, 3.8) is 0 Å². The molecule has 4 nitrogen and oxygen atoms in total. The molecule has 2 aromatic rings. The molecule has 2 rings (SSSR count). The van der Waals surface area contributed by atoms with Crippen LogP contribution in [0.25, 0.3) is 0 Å². The number of nitrogens with two attached hydrogens (primary N) is 1. The van der Waals surface area contributed by atoms with Crippen molar-refractivity contribution >= 4 is 51.8 Å². The fourth-order valence-electron chi connectivity index (χ4n) is 1.73. The highest BCUT2D eigenvalue weighted by Crippen LogP contribution is 2.36. The lowest BCUT2D eigenvalue weighted by Crippen LogP contribution is -2.26. The van der Waals surface area contributed by atoms with Gasteiger partial charge in [-0.1, -0.05) is 28.7 Å². The average Bonchev–Trinajstić information content (AvgIpc) is 2.48. The Morgan fingerprint density at radius 3 is 2.35 bits per heavy atom. The molecule has 0 fully saturated rings. The first-order valence-corrected chi connectivity index (χ1v) is 7.40. The van der Waals surface area contributed by atoms with Crippen LogP contribution in [0, 0.1) is 0 Å². The number of nitrogens with one attached hydrogen (secondary N) is 1. The van der Waals surface area contributed by atoms with Gasteiger partial charge in [0.25, 0.3) is 0 Å². The maximum Gasteiger partial charge on any atom is 0.417 e. The summed E-state index contributed by atoms with van der Waals surface area (Å²) in [6.07, 6.45) is -4.53. The van der Waals surface area contributed by atoms with Crippen molar-refractivity contribution in [2.24, 2.45) is 0 Å². The van der Waals surface area contributed by atoms with Crippen LogP contribution in [-0.2, 0) is 6.18 Å². The van der Waals surface area contributed by atoms with Crippen LogP contribution in [0.1, 0.15) is 5.56 Å². The number of hydrogen-bond donors (Lipinski definition) is 3. The van der Waals surface area contributed by atoms with E-state index in [0.29, 0.717) is 11.4 Å². The maximum absolute atomic E-state index is 12.8. The number of thiol groups is 1. The maximum atomic E-state index is 12.8. The number of carbonyl (C=O) groups excluding carboxylic acids is 1. The summed E-state index contributed by atoms with van der Waals surface area (Å²) in [6.45, 7) is 0. The Kier molecular flexibility index (Phi) is 5.10. The standard InChI is InChI=1S/C14H11BrF3N3OS/c15-12-6-3-9(7-11(12)14(16,17)18)20-13(22)21(23)10-4-1-8(19)2-5-10/h1-7,23H,19H2,(H,20,22). The Labute approximate surface area is 144 Å². The topological polar surface area (TPSA) is 58.4 Å². The molecule has 0 radical (unpaired) electrons. The van der Waals surface area contributed by atoms with Crippen LogP contribution in [0.15, 0.2) is 46.9 Å². The average molecular weight is 406 g/mol. The summed E-state index contributed by atoms with van der Waals surface area (Å²) in [5.74, 6) is 0. The first kappa shape index (κ1) is 17.5. The predicted molar refractivity (Wildman–Crippen MR) is 90.5 cm³/mol. The van der Waals surface area contributed by atoms with Gasteiger partial charge >= 0.3 is 12.2 Å². The van der Waals surface area contributed by atoms with Crippen LogP contribution in [0.4, 0.5) is 35.0 Å². The highest BCUT2D eigenvalue weighted by Gasteiger charge is 2.33. The van der Waals surface area contributed by atoms with Crippen molar-refractivity contribution < 1.29 is 18.0 Å². The molecule has 0 heterocycles. The molecule has 0 atom stereocenters. The summed E-state index contributed by atoms with van der Waals surface area (Å²) < 4.78 is 39.4. The van der Waals surface area contributed by atoms with Gasteiger partial charge in [-0.05, 0) is 42.5 Å². The Balaban J connectivity index is 2.18. The van der Waals surface area contributed by atoms with Crippen LogP contribution < -0.4 is 15.4 Å². The second kappa shape index (κ2) is 6.71. The quantitative estimate of drug-likeness (QED) is 0.489. The van der Waals surface area contributed by atoms with Crippen LogP contribution in [-0.4, -0.2) is 6.03 Å². The van der Waals surface area contributed by atoms with Gasteiger partial charge in [0.2, 0.25) is 0 Å². The molecule has 0 aromatic heterocycles. The third-order valence-corrected chi connectivity index (χ3v) is 3.96. The van der Waals surface area contributed by atoms with Crippen molar-refractivity contribution in [2.75, 3.05) is 15.4 Å². The fraction of sp³-hybridized carbons (Fsp3) is 0.0714. The molecule has 0 saturated heterocycles. The number of urea groups is 1. The monoisotopic (exact) mass is 405 g/mol. The zero-order valence-electron chi connectivity index (χ0n) is 11.4. The second-order valence-electron chi connectivity index (χ2n) is 4.53. The van der Waals surface area contributed by atoms with Gasteiger partial charge in [-0.25, -0.2) is 9.10 Å². The molecule has 0 spiro atoms. The predicted octanol–water partition coefficient (Wildman–Crippen LogP) is 4.93. The van der Waals surface area contributed by atoms with E-state index in [1.54, 1.807) is 24.3 Å². The molecule has 9 heteroatoms. The highest BCUT2D eigenvalue weighted by molar-refractivity contribution is 9.10. The number of carbonyl (C=O) groups is 1. The highest BCUT2D eigenvalue weighted by atomic mass is 79.9. The number of halogens is 4. The SMILES string of the molecule is Nc1ccc(N(S)C(=O)Nc2ccc(Br)c(C(F)(F)F)c2)cc1. The third kappa shape index (κ3) is 4.32. The summed E-state index contributed by atoms with van der Waals surface area (Å²) in [5, 5.41) is 2.35. The molecule has 122 valence electrons. The summed E-state index contributed by atoms with van der Waals surface area (Å²) in [7, 11) is 0. The molecule has 2 amide bonds. The summed E-state index contributed by atoms with van der Waals surface area (Å²) in [4.78, 5) is 12.1. The zero-order valence-corrected chi connectivity index (χ0v) is 13.9. The number of nitrogen functional groups attached to an aromatic ring is 1. The summed E-state index contributed by atoms with van der Waals surface area (Å²) in [6, 6.07) is 8.97. The van der Waals surface area contributed by atoms with E-state index in [4.69, 9.17) is 5.73 Å². The van der Waals surface area contributed by atoms with E-state index in [1.807, 2.05) is 0 Å². The Morgan fingerprint density at radius 2 is 1.78 bits per heavy atom. The van der Waals surface area contributed by atoms with Crippen LogP contribution in [0.3, 0.4) is 0 Å². The second-order valence-corrected chi connectivity index (χ2v) is 5.78. The largest absolute Gasteiger partial charge is 0.417 e. The number of nitrogens with zero attached hydrogens (tertiary/aromatic N) is 1. The lowest BCUT2D eigenvalue weighted by Gasteiger charge is -2.17. The molecule has 0 saturated carbocycles. The van der Waals surface area contributed by atoms with Gasteiger partial charge < -0.3 is 11.1 Å². The van der Waals surface area contributed by atoms with Gasteiger partial charge in [0, 0.05) is 15.8 Å². The Morgan fingerprint density at radius 1 is 1.17 bits per heavy atom. The molecule has 23 heavy (non-hydrogen) atoms. The van der Waals surface area contributed by atoms with Crippen molar-refractivity contribution in [3.05, 3.63) is 52.5 Å². The minimum Gasteiger partial charge on any atom is -0.399 e. The van der Waals surface area contributed by atoms with Gasteiger partial charge in [0.1, 0.15) is 0 Å². The van der Waals surface area contributed by atoms with Gasteiger partial charge in [-0.2, -0.15) is 13.2 Å². The van der Waals surface area contributed by atoms with Crippen molar-refractivity contribution in [1.82, 2.24) is 0 Å². The number of benzene rings is 2. The van der Waals surface area contributed by atoms with E-state index < -0.39 is 17.8 Å². The minimum atomic E-state index is -4.53.